The second kappa shape index (κ2) is 11.6. The van der Waals surface area contributed by atoms with E-state index in [9.17, 15) is 4.79 Å². The van der Waals surface area contributed by atoms with E-state index in [2.05, 4.69) is 48.3 Å². The normalized spacial score (nSPS) is 20.3. The van der Waals surface area contributed by atoms with Gasteiger partial charge in [-0.15, -0.1) is 24.0 Å². The Bertz CT molecular complexity index is 668. The highest BCUT2D eigenvalue weighted by molar-refractivity contribution is 14.0. The van der Waals surface area contributed by atoms with Gasteiger partial charge in [-0.1, -0.05) is 24.3 Å². The third-order valence-electron chi connectivity index (χ3n) is 5.26. The average Bonchev–Trinajstić information content (AvgIpc) is 3.09. The Hall–Kier alpha value is -1.35. The summed E-state index contributed by atoms with van der Waals surface area (Å²) in [7, 11) is 0. The summed E-state index contributed by atoms with van der Waals surface area (Å²) >= 11 is 0. The van der Waals surface area contributed by atoms with Crippen molar-refractivity contribution in [2.75, 3.05) is 45.9 Å². The van der Waals surface area contributed by atoms with Crippen LogP contribution in [0.5, 0.6) is 0 Å². The molecule has 2 saturated heterocycles. The van der Waals surface area contributed by atoms with Gasteiger partial charge in [-0.2, -0.15) is 0 Å². The van der Waals surface area contributed by atoms with Crippen molar-refractivity contribution in [2.24, 2.45) is 4.99 Å². The first-order valence-corrected chi connectivity index (χ1v) is 10.2. The number of rotatable bonds is 6. The molecular formula is C21H33IN4O2. The van der Waals surface area contributed by atoms with Crippen molar-refractivity contribution in [3.05, 3.63) is 35.4 Å². The highest BCUT2D eigenvalue weighted by atomic mass is 127. The lowest BCUT2D eigenvalue weighted by Crippen LogP contribution is -2.48. The van der Waals surface area contributed by atoms with Crippen LogP contribution >= 0.6 is 24.0 Å². The number of nitrogens with zero attached hydrogens (tertiary/aromatic N) is 3. The van der Waals surface area contributed by atoms with Crippen molar-refractivity contribution in [1.29, 1.82) is 0 Å². The predicted octanol–water partition coefficient (Wildman–Crippen LogP) is 2.96. The second-order valence-corrected chi connectivity index (χ2v) is 7.24. The number of nitrogens with one attached hydrogen (secondary N) is 1. The first-order valence-electron chi connectivity index (χ1n) is 10.2. The molecule has 1 atom stereocenters. The van der Waals surface area contributed by atoms with Gasteiger partial charge in [-0.3, -0.25) is 9.79 Å². The predicted molar refractivity (Wildman–Crippen MR) is 123 cm³/mol. The fraction of sp³-hybridized carbons (Fsp3) is 0.619. The molecule has 0 aliphatic carbocycles. The molecule has 1 aromatic rings. The summed E-state index contributed by atoms with van der Waals surface area (Å²) in [4.78, 5) is 20.8. The van der Waals surface area contributed by atoms with Crippen molar-refractivity contribution in [3.8, 4) is 0 Å². The molecule has 7 heteroatoms. The molecule has 0 saturated carbocycles. The SMILES string of the molecule is CCNC(=NCCCN1CCCC1=O)N1CCOC(c2ccccc2C)C1.I. The lowest BCUT2D eigenvalue weighted by molar-refractivity contribution is -0.127. The van der Waals surface area contributed by atoms with Gasteiger partial charge < -0.3 is 19.9 Å². The Morgan fingerprint density at radius 2 is 2.14 bits per heavy atom. The van der Waals surface area contributed by atoms with Crippen molar-refractivity contribution in [3.63, 3.8) is 0 Å². The molecule has 2 aliphatic heterocycles. The van der Waals surface area contributed by atoms with Gasteiger partial charge in [0.2, 0.25) is 5.91 Å². The maximum atomic E-state index is 11.7. The topological polar surface area (TPSA) is 57.2 Å². The number of carbonyl (C=O) groups excluding carboxylic acids is 1. The quantitative estimate of drug-likeness (QED) is 0.283. The largest absolute Gasteiger partial charge is 0.370 e. The summed E-state index contributed by atoms with van der Waals surface area (Å²) in [6.45, 7) is 9.88. The molecule has 0 radical (unpaired) electrons. The van der Waals surface area contributed by atoms with E-state index in [-0.39, 0.29) is 30.1 Å². The molecule has 156 valence electrons. The van der Waals surface area contributed by atoms with E-state index >= 15 is 0 Å². The van der Waals surface area contributed by atoms with E-state index < -0.39 is 0 Å². The molecule has 1 aromatic carbocycles. The van der Waals surface area contributed by atoms with Crippen LogP contribution in [-0.2, 0) is 9.53 Å². The smallest absolute Gasteiger partial charge is 0.222 e. The molecular weight excluding hydrogens is 467 g/mol. The van der Waals surface area contributed by atoms with Crippen LogP contribution in [0.2, 0.25) is 0 Å². The summed E-state index contributed by atoms with van der Waals surface area (Å²) < 4.78 is 6.04. The maximum absolute atomic E-state index is 11.7. The van der Waals surface area contributed by atoms with Crippen molar-refractivity contribution in [1.82, 2.24) is 15.1 Å². The van der Waals surface area contributed by atoms with Crippen molar-refractivity contribution < 1.29 is 9.53 Å². The first kappa shape index (κ1) is 22.9. The maximum Gasteiger partial charge on any atom is 0.222 e. The molecule has 6 nitrogen and oxygen atoms in total. The molecule has 2 heterocycles. The van der Waals surface area contributed by atoms with Gasteiger partial charge in [0.05, 0.1) is 13.2 Å². The van der Waals surface area contributed by atoms with Crippen molar-refractivity contribution in [2.45, 2.75) is 39.2 Å². The number of hydrogen-bond donors (Lipinski definition) is 1. The molecule has 28 heavy (non-hydrogen) atoms. The van der Waals surface area contributed by atoms with E-state index in [0.717, 1.165) is 58.1 Å². The van der Waals surface area contributed by atoms with Crippen LogP contribution in [0.1, 0.15) is 43.4 Å². The van der Waals surface area contributed by atoms with Crippen LogP contribution in [0.4, 0.5) is 0 Å². The monoisotopic (exact) mass is 500 g/mol. The minimum absolute atomic E-state index is 0. The van der Waals surface area contributed by atoms with Gasteiger partial charge in [0.25, 0.3) is 0 Å². The fourth-order valence-electron chi connectivity index (χ4n) is 3.79. The van der Waals surface area contributed by atoms with E-state index in [4.69, 9.17) is 9.73 Å². The van der Waals surface area contributed by atoms with E-state index in [0.29, 0.717) is 18.9 Å². The summed E-state index contributed by atoms with van der Waals surface area (Å²) in [5.74, 6) is 1.24. The number of aliphatic imine (C=N–C) groups is 1. The lowest BCUT2D eigenvalue weighted by atomic mass is 10.0. The van der Waals surface area contributed by atoms with Crippen LogP contribution in [0.25, 0.3) is 0 Å². The summed E-state index contributed by atoms with van der Waals surface area (Å²) in [5.41, 5.74) is 2.52. The van der Waals surface area contributed by atoms with Gasteiger partial charge >= 0.3 is 0 Å². The van der Waals surface area contributed by atoms with Crippen molar-refractivity contribution >= 4 is 35.8 Å². The molecule has 0 aromatic heterocycles. The van der Waals surface area contributed by atoms with Gasteiger partial charge in [0.15, 0.2) is 5.96 Å². The van der Waals surface area contributed by atoms with Crippen LogP contribution in [-0.4, -0.2) is 67.5 Å². The number of amides is 1. The highest BCUT2D eigenvalue weighted by Crippen LogP contribution is 2.25. The minimum atomic E-state index is 0. The van der Waals surface area contributed by atoms with E-state index in [1.165, 1.54) is 11.1 Å². The van der Waals surface area contributed by atoms with E-state index in [1.807, 2.05) is 4.90 Å². The molecule has 1 amide bonds. The second-order valence-electron chi connectivity index (χ2n) is 7.24. The number of benzene rings is 1. The zero-order valence-corrected chi connectivity index (χ0v) is 19.4. The number of aryl methyl sites for hydroxylation is 1. The van der Waals surface area contributed by atoms with E-state index in [1.54, 1.807) is 0 Å². The average molecular weight is 500 g/mol. The highest BCUT2D eigenvalue weighted by Gasteiger charge is 2.25. The Morgan fingerprint density at radius 1 is 1.32 bits per heavy atom. The number of likely N-dealkylation sites (tertiary alicyclic amines) is 1. The zero-order valence-electron chi connectivity index (χ0n) is 17.0. The third kappa shape index (κ3) is 6.07. The van der Waals surface area contributed by atoms with Crippen LogP contribution in [0.3, 0.4) is 0 Å². The molecule has 3 rings (SSSR count). The standard InChI is InChI=1S/C21H32N4O2.HI/c1-3-22-21(23-11-7-13-24-12-6-10-20(24)26)25-14-15-27-19(16-25)18-9-5-4-8-17(18)2;/h4-5,8-9,19H,3,6-7,10-16H2,1-2H3,(H,22,23);1H. The lowest BCUT2D eigenvalue weighted by Gasteiger charge is -2.35. The summed E-state index contributed by atoms with van der Waals surface area (Å²) in [5, 5.41) is 3.42. The molecule has 2 aliphatic rings. The first-order chi connectivity index (χ1) is 13.2. The number of halogens is 1. The van der Waals surface area contributed by atoms with Gasteiger partial charge in [0, 0.05) is 39.1 Å². The molecule has 0 spiro atoms. The number of hydrogen-bond acceptors (Lipinski definition) is 3. The van der Waals surface area contributed by atoms with Gasteiger partial charge in [-0.05, 0) is 37.8 Å². The third-order valence-corrected chi connectivity index (χ3v) is 5.26. The summed E-state index contributed by atoms with van der Waals surface area (Å²) in [6.07, 6.45) is 2.69. The van der Waals surface area contributed by atoms with Crippen LogP contribution in [0, 0.1) is 6.92 Å². The number of ether oxygens (including phenoxy) is 1. The minimum Gasteiger partial charge on any atom is -0.370 e. The number of morpholine rings is 1. The number of guanidine groups is 1. The van der Waals surface area contributed by atoms with Gasteiger partial charge in [-0.25, -0.2) is 0 Å². The Kier molecular flexibility index (Phi) is 9.50. The zero-order chi connectivity index (χ0) is 19.1. The molecule has 0 bridgehead atoms. The Morgan fingerprint density at radius 3 is 2.86 bits per heavy atom. The number of carbonyl (C=O) groups is 1. The molecule has 1 unspecified atom stereocenters. The molecule has 1 N–H and O–H groups in total. The van der Waals surface area contributed by atoms with Crippen LogP contribution in [0.15, 0.2) is 29.3 Å². The fourth-order valence-corrected chi connectivity index (χ4v) is 3.79. The Balaban J connectivity index is 0.00000280. The Labute approximate surface area is 185 Å². The summed E-state index contributed by atoms with van der Waals surface area (Å²) in [6, 6.07) is 8.43. The van der Waals surface area contributed by atoms with Crippen LogP contribution < -0.4 is 5.32 Å². The van der Waals surface area contributed by atoms with Gasteiger partial charge in [0.1, 0.15) is 6.10 Å². The molecule has 2 fully saturated rings.